The SMILES string of the molecule is O=C(O)OC1CSC(OC(=O)O)N1. The molecule has 7 nitrogen and oxygen atoms in total. The molecule has 0 aromatic rings. The lowest BCUT2D eigenvalue weighted by Crippen LogP contribution is -2.35. The molecule has 1 heterocycles. The Kier molecular flexibility index (Phi) is 3.20. The fourth-order valence-corrected chi connectivity index (χ4v) is 1.68. The van der Waals surface area contributed by atoms with Gasteiger partial charge >= 0.3 is 12.3 Å². The highest BCUT2D eigenvalue weighted by atomic mass is 32.2. The van der Waals surface area contributed by atoms with Crippen LogP contribution in [-0.2, 0) is 9.47 Å². The summed E-state index contributed by atoms with van der Waals surface area (Å²) in [5.41, 5.74) is -0.762. The summed E-state index contributed by atoms with van der Waals surface area (Å²) < 4.78 is 8.65. The monoisotopic (exact) mass is 209 g/mol. The minimum atomic E-state index is -1.42. The highest BCUT2D eigenvalue weighted by Crippen LogP contribution is 2.20. The lowest BCUT2D eigenvalue weighted by molar-refractivity contribution is 0.0235. The second-order valence-corrected chi connectivity index (χ2v) is 3.18. The molecule has 0 aromatic carbocycles. The van der Waals surface area contributed by atoms with Crippen molar-refractivity contribution in [2.24, 2.45) is 0 Å². The van der Waals surface area contributed by atoms with E-state index in [4.69, 9.17) is 10.2 Å². The van der Waals surface area contributed by atoms with E-state index in [1.165, 1.54) is 0 Å². The zero-order valence-corrected chi connectivity index (χ0v) is 7.11. The second-order valence-electron chi connectivity index (χ2n) is 2.09. The smallest absolute Gasteiger partial charge is 0.450 e. The van der Waals surface area contributed by atoms with Crippen molar-refractivity contribution in [3.05, 3.63) is 0 Å². The summed E-state index contributed by atoms with van der Waals surface area (Å²) in [7, 11) is 0. The lowest BCUT2D eigenvalue weighted by atomic mass is 10.6. The van der Waals surface area contributed by atoms with Crippen LogP contribution in [0.5, 0.6) is 0 Å². The predicted octanol–water partition coefficient (Wildman–Crippen LogP) is 0.322. The lowest BCUT2D eigenvalue weighted by Gasteiger charge is -2.10. The topological polar surface area (TPSA) is 105 Å². The second kappa shape index (κ2) is 4.19. The molecule has 1 fully saturated rings. The van der Waals surface area contributed by atoms with Gasteiger partial charge in [0.25, 0.3) is 0 Å². The third kappa shape index (κ3) is 3.38. The van der Waals surface area contributed by atoms with E-state index >= 15 is 0 Å². The van der Waals surface area contributed by atoms with Crippen molar-refractivity contribution in [1.82, 2.24) is 5.32 Å². The quantitative estimate of drug-likeness (QED) is 0.558. The van der Waals surface area contributed by atoms with Crippen molar-refractivity contribution in [1.29, 1.82) is 0 Å². The molecule has 8 heteroatoms. The first kappa shape index (κ1) is 9.93. The highest BCUT2D eigenvalue weighted by molar-refractivity contribution is 8.00. The minimum absolute atomic E-state index is 0.324. The molecule has 1 aliphatic rings. The fourth-order valence-electron chi connectivity index (χ4n) is 0.772. The molecule has 1 aliphatic heterocycles. The minimum Gasteiger partial charge on any atom is -0.450 e. The Morgan fingerprint density at radius 2 is 1.92 bits per heavy atom. The van der Waals surface area contributed by atoms with Crippen molar-refractivity contribution in [2.75, 3.05) is 5.75 Å². The Balaban J connectivity index is 2.27. The third-order valence-electron chi connectivity index (χ3n) is 1.17. The summed E-state index contributed by atoms with van der Waals surface area (Å²) in [5, 5.41) is 18.9. The van der Waals surface area contributed by atoms with Gasteiger partial charge in [-0.25, -0.2) is 14.9 Å². The third-order valence-corrected chi connectivity index (χ3v) is 2.20. The predicted molar refractivity (Wildman–Crippen MR) is 41.4 cm³/mol. The zero-order valence-electron chi connectivity index (χ0n) is 6.30. The van der Waals surface area contributed by atoms with E-state index in [1.807, 2.05) is 0 Å². The van der Waals surface area contributed by atoms with E-state index < -0.39 is 24.1 Å². The number of carbonyl (C=O) groups is 2. The standard InChI is InChI=1S/C5H7NO6S/c7-4(8)11-2-1-13-3(6-2)12-5(9)10/h2-3,6H,1H2,(H,7,8)(H,9,10). The number of thioether (sulfide) groups is 1. The molecule has 0 aromatic heterocycles. The Bertz CT molecular complexity index is 199. The van der Waals surface area contributed by atoms with Crippen LogP contribution in [0.15, 0.2) is 0 Å². The normalized spacial score (nSPS) is 26.8. The number of nitrogens with one attached hydrogen (secondary N) is 1. The van der Waals surface area contributed by atoms with Crippen LogP contribution >= 0.6 is 11.8 Å². The average molecular weight is 209 g/mol. The molecule has 1 rings (SSSR count). The van der Waals surface area contributed by atoms with Crippen molar-refractivity contribution < 1.29 is 29.3 Å². The van der Waals surface area contributed by atoms with Gasteiger partial charge in [-0.05, 0) is 0 Å². The molecule has 0 radical (unpaired) electrons. The largest absolute Gasteiger partial charge is 0.507 e. The van der Waals surface area contributed by atoms with Crippen LogP contribution in [-0.4, -0.2) is 40.1 Å². The van der Waals surface area contributed by atoms with E-state index in [1.54, 1.807) is 0 Å². The Morgan fingerprint density at radius 1 is 1.31 bits per heavy atom. The average Bonchev–Trinajstić information content (AvgIpc) is 2.33. The van der Waals surface area contributed by atoms with E-state index in [2.05, 4.69) is 14.8 Å². The van der Waals surface area contributed by atoms with Crippen LogP contribution in [0.4, 0.5) is 9.59 Å². The van der Waals surface area contributed by atoms with E-state index in [-0.39, 0.29) is 0 Å². The number of hydrogen-bond acceptors (Lipinski definition) is 6. The molecule has 3 N–H and O–H groups in total. The first-order valence-corrected chi connectivity index (χ1v) is 4.29. The molecule has 0 spiro atoms. The first-order chi connectivity index (χ1) is 6.08. The number of hydrogen-bond donors (Lipinski definition) is 3. The molecular formula is C5H7NO6S. The molecule has 74 valence electrons. The number of rotatable bonds is 2. The van der Waals surface area contributed by atoms with Gasteiger partial charge in [-0.1, -0.05) is 11.8 Å². The number of ether oxygens (including phenoxy) is 2. The fraction of sp³-hybridized carbons (Fsp3) is 0.600. The van der Waals surface area contributed by atoms with Gasteiger partial charge in [0.05, 0.1) is 0 Å². The van der Waals surface area contributed by atoms with Crippen molar-refractivity contribution in [3.8, 4) is 0 Å². The van der Waals surface area contributed by atoms with E-state index in [0.29, 0.717) is 5.75 Å². The summed E-state index contributed by atoms with van der Waals surface area (Å²) in [4.78, 5) is 20.1. The van der Waals surface area contributed by atoms with Crippen LogP contribution in [0, 0.1) is 0 Å². The van der Waals surface area contributed by atoms with Gasteiger partial charge in [0.1, 0.15) is 0 Å². The van der Waals surface area contributed by atoms with Gasteiger partial charge in [0, 0.05) is 5.75 Å². The maximum Gasteiger partial charge on any atom is 0.507 e. The molecule has 13 heavy (non-hydrogen) atoms. The van der Waals surface area contributed by atoms with Gasteiger partial charge in [-0.15, -0.1) is 0 Å². The van der Waals surface area contributed by atoms with Crippen molar-refractivity contribution >= 4 is 24.1 Å². The summed E-state index contributed by atoms with van der Waals surface area (Å²) >= 11 is 1.12. The van der Waals surface area contributed by atoms with Crippen LogP contribution in [0.3, 0.4) is 0 Å². The summed E-state index contributed by atoms with van der Waals surface area (Å²) in [6, 6.07) is 0. The molecule has 0 amide bonds. The van der Waals surface area contributed by atoms with Gasteiger partial charge in [-0.3, -0.25) is 0 Å². The summed E-state index contributed by atoms with van der Waals surface area (Å²) in [6.07, 6.45) is -3.54. The molecule has 1 saturated heterocycles. The Labute approximate surface area is 77.0 Å². The van der Waals surface area contributed by atoms with Gasteiger partial charge in [-0.2, -0.15) is 0 Å². The molecule has 0 aliphatic carbocycles. The maximum atomic E-state index is 10.1. The van der Waals surface area contributed by atoms with Gasteiger partial charge in [0.2, 0.25) is 5.56 Å². The molecule has 2 unspecified atom stereocenters. The van der Waals surface area contributed by atoms with E-state index in [9.17, 15) is 9.59 Å². The summed E-state index contributed by atoms with van der Waals surface area (Å²) in [5.74, 6) is 0.324. The first-order valence-electron chi connectivity index (χ1n) is 3.25. The van der Waals surface area contributed by atoms with Gasteiger partial charge in [0.15, 0.2) is 6.23 Å². The van der Waals surface area contributed by atoms with Gasteiger partial charge < -0.3 is 19.7 Å². The zero-order chi connectivity index (χ0) is 9.84. The van der Waals surface area contributed by atoms with Crippen LogP contribution in [0.25, 0.3) is 0 Å². The molecule has 0 saturated carbocycles. The summed E-state index contributed by atoms with van der Waals surface area (Å²) in [6.45, 7) is 0. The Hall–Kier alpha value is -1.15. The van der Waals surface area contributed by atoms with Crippen LogP contribution in [0.1, 0.15) is 0 Å². The van der Waals surface area contributed by atoms with E-state index in [0.717, 1.165) is 11.8 Å². The van der Waals surface area contributed by atoms with Crippen molar-refractivity contribution in [2.45, 2.75) is 11.8 Å². The van der Waals surface area contributed by atoms with Crippen LogP contribution < -0.4 is 5.32 Å². The number of carboxylic acid groups (broad SMARTS) is 2. The van der Waals surface area contributed by atoms with Crippen LogP contribution in [0.2, 0.25) is 0 Å². The van der Waals surface area contributed by atoms with Crippen molar-refractivity contribution in [3.63, 3.8) is 0 Å². The molecule has 2 atom stereocenters. The molecular weight excluding hydrogens is 202 g/mol. The maximum absolute atomic E-state index is 10.1. The Morgan fingerprint density at radius 3 is 2.46 bits per heavy atom. The molecule has 0 bridgehead atoms. The highest BCUT2D eigenvalue weighted by Gasteiger charge is 2.29.